The van der Waals surface area contributed by atoms with Gasteiger partial charge < -0.3 is 10.6 Å². The Morgan fingerprint density at radius 2 is 1.95 bits per heavy atom. The smallest absolute Gasteiger partial charge is 0.233 e. The maximum absolute atomic E-state index is 12.5. The van der Waals surface area contributed by atoms with Gasteiger partial charge in [0.15, 0.2) is 0 Å². The van der Waals surface area contributed by atoms with Gasteiger partial charge in [0.25, 0.3) is 0 Å². The standard InChI is InChI=1S/C17H15N3O/c18-9-12-5-7-14(8-6-12)20-17(21)16-11-19-10-13-3-1-2-4-15(13)16/h1-8,16,19H,10-11H2,(H,20,21). The van der Waals surface area contributed by atoms with Crippen molar-refractivity contribution in [1.29, 1.82) is 5.26 Å². The molecule has 3 rings (SSSR count). The van der Waals surface area contributed by atoms with Crippen LogP contribution < -0.4 is 10.6 Å². The fourth-order valence-electron chi connectivity index (χ4n) is 2.59. The van der Waals surface area contributed by atoms with Crippen LogP contribution in [0.3, 0.4) is 0 Å². The summed E-state index contributed by atoms with van der Waals surface area (Å²) < 4.78 is 0. The average molecular weight is 277 g/mol. The van der Waals surface area contributed by atoms with E-state index < -0.39 is 0 Å². The Balaban J connectivity index is 1.78. The average Bonchev–Trinajstić information content (AvgIpc) is 2.55. The van der Waals surface area contributed by atoms with Gasteiger partial charge in [0.05, 0.1) is 17.6 Å². The van der Waals surface area contributed by atoms with Gasteiger partial charge in [-0.1, -0.05) is 24.3 Å². The highest BCUT2D eigenvalue weighted by Crippen LogP contribution is 2.25. The Morgan fingerprint density at radius 1 is 1.19 bits per heavy atom. The first-order chi connectivity index (χ1) is 10.3. The van der Waals surface area contributed by atoms with Crippen molar-refractivity contribution in [3.8, 4) is 6.07 Å². The van der Waals surface area contributed by atoms with Crippen molar-refractivity contribution in [2.75, 3.05) is 11.9 Å². The van der Waals surface area contributed by atoms with Crippen LogP contribution in [0, 0.1) is 11.3 Å². The molecule has 1 aliphatic heterocycles. The minimum atomic E-state index is -0.189. The van der Waals surface area contributed by atoms with Gasteiger partial charge in [0.1, 0.15) is 0 Å². The second-order valence-electron chi connectivity index (χ2n) is 5.06. The first-order valence-corrected chi connectivity index (χ1v) is 6.87. The normalized spacial score (nSPS) is 16.6. The minimum Gasteiger partial charge on any atom is -0.326 e. The van der Waals surface area contributed by atoms with Crippen molar-refractivity contribution in [2.45, 2.75) is 12.5 Å². The summed E-state index contributed by atoms with van der Waals surface area (Å²) >= 11 is 0. The molecule has 0 spiro atoms. The van der Waals surface area contributed by atoms with Crippen molar-refractivity contribution < 1.29 is 4.79 Å². The molecule has 1 unspecified atom stereocenters. The largest absolute Gasteiger partial charge is 0.326 e. The third kappa shape index (κ3) is 2.78. The molecule has 0 radical (unpaired) electrons. The number of hydrogen-bond acceptors (Lipinski definition) is 3. The zero-order chi connectivity index (χ0) is 14.7. The molecule has 2 aromatic rings. The van der Waals surface area contributed by atoms with Crippen molar-refractivity contribution >= 4 is 11.6 Å². The number of nitrogens with one attached hydrogen (secondary N) is 2. The van der Waals surface area contributed by atoms with E-state index in [9.17, 15) is 4.79 Å². The Hall–Kier alpha value is -2.64. The van der Waals surface area contributed by atoms with Gasteiger partial charge in [-0.15, -0.1) is 0 Å². The van der Waals surface area contributed by atoms with Crippen molar-refractivity contribution in [3.05, 3.63) is 65.2 Å². The molecule has 2 N–H and O–H groups in total. The second kappa shape index (κ2) is 5.78. The van der Waals surface area contributed by atoms with Gasteiger partial charge in [-0.25, -0.2) is 0 Å². The van der Waals surface area contributed by atoms with E-state index in [-0.39, 0.29) is 11.8 Å². The SMILES string of the molecule is N#Cc1ccc(NC(=O)C2CNCc3ccccc32)cc1. The molecule has 0 aromatic heterocycles. The number of nitriles is 1. The molecule has 1 aliphatic rings. The van der Waals surface area contributed by atoms with Crippen LogP contribution in [0.25, 0.3) is 0 Å². The third-order valence-electron chi connectivity index (χ3n) is 3.69. The summed E-state index contributed by atoms with van der Waals surface area (Å²) in [4.78, 5) is 12.5. The number of nitrogens with zero attached hydrogens (tertiary/aromatic N) is 1. The number of benzene rings is 2. The molecule has 2 aromatic carbocycles. The van der Waals surface area contributed by atoms with Gasteiger partial charge in [-0.05, 0) is 35.4 Å². The number of carbonyl (C=O) groups excluding carboxylic acids is 1. The molecule has 1 amide bonds. The third-order valence-corrected chi connectivity index (χ3v) is 3.69. The predicted octanol–water partition coefficient (Wildman–Crippen LogP) is 2.38. The summed E-state index contributed by atoms with van der Waals surface area (Å²) in [5.41, 5.74) is 3.55. The van der Waals surface area contributed by atoms with Gasteiger partial charge in [0, 0.05) is 18.8 Å². The Morgan fingerprint density at radius 3 is 2.71 bits per heavy atom. The molecular formula is C17H15N3O. The highest BCUT2D eigenvalue weighted by molar-refractivity contribution is 5.96. The number of hydrogen-bond donors (Lipinski definition) is 2. The molecule has 0 saturated carbocycles. The molecule has 21 heavy (non-hydrogen) atoms. The van der Waals surface area contributed by atoms with E-state index in [1.54, 1.807) is 24.3 Å². The molecule has 0 aliphatic carbocycles. The monoisotopic (exact) mass is 277 g/mol. The summed E-state index contributed by atoms with van der Waals surface area (Å²) in [5, 5.41) is 15.0. The fraction of sp³-hybridized carbons (Fsp3) is 0.176. The highest BCUT2D eigenvalue weighted by atomic mass is 16.1. The van der Waals surface area contributed by atoms with Crippen LogP contribution in [0.1, 0.15) is 22.6 Å². The molecule has 0 fully saturated rings. The molecule has 0 bridgehead atoms. The van der Waals surface area contributed by atoms with E-state index in [1.807, 2.05) is 24.3 Å². The lowest BCUT2D eigenvalue weighted by atomic mass is 9.90. The van der Waals surface area contributed by atoms with E-state index in [0.29, 0.717) is 17.8 Å². The number of anilines is 1. The van der Waals surface area contributed by atoms with E-state index in [0.717, 1.165) is 12.1 Å². The van der Waals surface area contributed by atoms with Crippen LogP contribution in [0.15, 0.2) is 48.5 Å². The molecule has 104 valence electrons. The van der Waals surface area contributed by atoms with E-state index in [4.69, 9.17) is 5.26 Å². The van der Waals surface area contributed by atoms with E-state index in [1.165, 1.54) is 5.56 Å². The van der Waals surface area contributed by atoms with Crippen LogP contribution in [-0.4, -0.2) is 12.5 Å². The van der Waals surface area contributed by atoms with E-state index in [2.05, 4.69) is 16.7 Å². The summed E-state index contributed by atoms with van der Waals surface area (Å²) in [6, 6.07) is 17.0. The number of carbonyl (C=O) groups is 1. The van der Waals surface area contributed by atoms with Crippen molar-refractivity contribution in [2.24, 2.45) is 0 Å². The van der Waals surface area contributed by atoms with Crippen LogP contribution in [-0.2, 0) is 11.3 Å². The molecule has 4 heteroatoms. The lowest BCUT2D eigenvalue weighted by Crippen LogP contribution is -2.35. The Bertz CT molecular complexity index is 701. The quantitative estimate of drug-likeness (QED) is 0.885. The maximum atomic E-state index is 12.5. The van der Waals surface area contributed by atoms with Gasteiger partial charge in [-0.3, -0.25) is 4.79 Å². The number of fused-ring (bicyclic) bond motifs is 1. The lowest BCUT2D eigenvalue weighted by Gasteiger charge is -2.25. The van der Waals surface area contributed by atoms with E-state index >= 15 is 0 Å². The molecule has 4 nitrogen and oxygen atoms in total. The van der Waals surface area contributed by atoms with Gasteiger partial charge >= 0.3 is 0 Å². The zero-order valence-corrected chi connectivity index (χ0v) is 11.5. The van der Waals surface area contributed by atoms with Gasteiger partial charge in [-0.2, -0.15) is 5.26 Å². The molecule has 0 saturated heterocycles. The number of rotatable bonds is 2. The second-order valence-corrected chi connectivity index (χ2v) is 5.06. The fourth-order valence-corrected chi connectivity index (χ4v) is 2.59. The summed E-state index contributed by atoms with van der Waals surface area (Å²) in [6.07, 6.45) is 0. The Kier molecular flexibility index (Phi) is 3.67. The minimum absolute atomic E-state index is 0.0284. The number of amides is 1. The first-order valence-electron chi connectivity index (χ1n) is 6.87. The van der Waals surface area contributed by atoms with Gasteiger partial charge in [0.2, 0.25) is 5.91 Å². The van der Waals surface area contributed by atoms with Crippen LogP contribution in [0.5, 0.6) is 0 Å². The maximum Gasteiger partial charge on any atom is 0.233 e. The molecular weight excluding hydrogens is 262 g/mol. The van der Waals surface area contributed by atoms with Crippen LogP contribution >= 0.6 is 0 Å². The summed E-state index contributed by atoms with van der Waals surface area (Å²) in [7, 11) is 0. The van der Waals surface area contributed by atoms with Crippen molar-refractivity contribution in [1.82, 2.24) is 5.32 Å². The summed E-state index contributed by atoms with van der Waals surface area (Å²) in [5.74, 6) is -0.218. The summed E-state index contributed by atoms with van der Waals surface area (Å²) in [6.45, 7) is 1.44. The molecule has 1 heterocycles. The predicted molar refractivity (Wildman–Crippen MR) is 80.7 cm³/mol. The zero-order valence-electron chi connectivity index (χ0n) is 11.5. The lowest BCUT2D eigenvalue weighted by molar-refractivity contribution is -0.117. The molecule has 1 atom stereocenters. The first kappa shape index (κ1) is 13.3. The van der Waals surface area contributed by atoms with Crippen LogP contribution in [0.2, 0.25) is 0 Å². The van der Waals surface area contributed by atoms with Crippen LogP contribution in [0.4, 0.5) is 5.69 Å². The topological polar surface area (TPSA) is 64.9 Å². The highest BCUT2D eigenvalue weighted by Gasteiger charge is 2.25. The van der Waals surface area contributed by atoms with Crippen molar-refractivity contribution in [3.63, 3.8) is 0 Å². The Labute approximate surface area is 123 Å².